The van der Waals surface area contributed by atoms with Gasteiger partial charge in [-0.05, 0) is 52.5 Å². The molecule has 0 N–H and O–H groups in total. The second kappa shape index (κ2) is 8.24. The van der Waals surface area contributed by atoms with Crippen molar-refractivity contribution in [3.63, 3.8) is 0 Å². The zero-order valence-corrected chi connectivity index (χ0v) is 18.5. The summed E-state index contributed by atoms with van der Waals surface area (Å²) in [7, 11) is 0. The summed E-state index contributed by atoms with van der Waals surface area (Å²) in [5.74, 6) is 2.63. The number of hydrogen-bond acceptors (Lipinski definition) is 8. The van der Waals surface area contributed by atoms with Gasteiger partial charge in [0.05, 0.1) is 17.0 Å². The van der Waals surface area contributed by atoms with Gasteiger partial charge in [0, 0.05) is 55.7 Å². The summed E-state index contributed by atoms with van der Waals surface area (Å²) in [6.07, 6.45) is 6.45. The Labute approximate surface area is 182 Å². The van der Waals surface area contributed by atoms with Crippen molar-refractivity contribution in [3.05, 3.63) is 41.1 Å². The third-order valence-corrected chi connectivity index (χ3v) is 6.15. The minimum Gasteiger partial charge on any atom is -0.356 e. The van der Waals surface area contributed by atoms with Crippen LogP contribution < -0.4 is 9.80 Å². The van der Waals surface area contributed by atoms with Gasteiger partial charge in [-0.3, -0.25) is 0 Å². The Morgan fingerprint density at radius 2 is 1.58 bits per heavy atom. The van der Waals surface area contributed by atoms with Crippen LogP contribution in [-0.4, -0.2) is 51.3 Å². The molecule has 0 saturated carbocycles. The Morgan fingerprint density at radius 3 is 2.29 bits per heavy atom. The van der Waals surface area contributed by atoms with Crippen LogP contribution in [0.1, 0.15) is 54.4 Å². The fourth-order valence-electron chi connectivity index (χ4n) is 4.68. The van der Waals surface area contributed by atoms with Crippen molar-refractivity contribution in [2.75, 3.05) is 36.0 Å². The van der Waals surface area contributed by atoms with E-state index in [1.807, 2.05) is 39.1 Å². The second-order valence-electron chi connectivity index (χ2n) is 8.73. The highest BCUT2D eigenvalue weighted by Gasteiger charge is 2.29. The number of aromatic nitrogens is 5. The molecule has 0 aromatic carbocycles. The molecule has 2 saturated heterocycles. The molecule has 1 atom stereocenters. The summed E-state index contributed by atoms with van der Waals surface area (Å²) in [4.78, 5) is 23.7. The molecule has 162 valence electrons. The van der Waals surface area contributed by atoms with Crippen molar-refractivity contribution in [2.45, 2.75) is 52.4 Å². The van der Waals surface area contributed by atoms with Crippen LogP contribution in [0.15, 0.2) is 22.9 Å². The zero-order chi connectivity index (χ0) is 21.4. The fraction of sp³-hybridized carbons (Fsp3) is 0.522. The molecule has 0 bridgehead atoms. The summed E-state index contributed by atoms with van der Waals surface area (Å²) in [6, 6.07) is 3.98. The molecule has 5 rings (SSSR count). The topological polar surface area (TPSA) is 84.1 Å². The smallest absolute Gasteiger partial charge is 0.225 e. The van der Waals surface area contributed by atoms with Gasteiger partial charge in [0.15, 0.2) is 5.76 Å². The van der Waals surface area contributed by atoms with Gasteiger partial charge in [0.25, 0.3) is 0 Å². The Bertz CT molecular complexity index is 1050. The van der Waals surface area contributed by atoms with Crippen LogP contribution in [0.3, 0.4) is 0 Å². The number of rotatable bonds is 4. The maximum atomic E-state index is 5.61. The van der Waals surface area contributed by atoms with Crippen molar-refractivity contribution in [3.8, 4) is 11.3 Å². The average molecular weight is 420 g/mol. The molecule has 8 nitrogen and oxygen atoms in total. The zero-order valence-electron chi connectivity index (χ0n) is 18.5. The maximum absolute atomic E-state index is 5.61. The highest BCUT2D eigenvalue weighted by atomic mass is 16.5. The van der Waals surface area contributed by atoms with Gasteiger partial charge >= 0.3 is 0 Å². The van der Waals surface area contributed by atoms with Gasteiger partial charge in [-0.2, -0.15) is 0 Å². The third-order valence-electron chi connectivity index (χ3n) is 6.15. The first-order valence-corrected chi connectivity index (χ1v) is 11.2. The highest BCUT2D eigenvalue weighted by molar-refractivity contribution is 5.62. The Morgan fingerprint density at radius 1 is 0.839 bits per heavy atom. The summed E-state index contributed by atoms with van der Waals surface area (Å²) in [6.45, 7) is 9.82. The lowest BCUT2D eigenvalue weighted by Gasteiger charge is -2.33. The molecule has 8 heteroatoms. The molecule has 0 amide bonds. The lowest BCUT2D eigenvalue weighted by molar-refractivity contribution is 0.425. The van der Waals surface area contributed by atoms with E-state index in [2.05, 4.69) is 15.0 Å². The lowest BCUT2D eigenvalue weighted by Crippen LogP contribution is -2.36. The molecule has 0 unspecified atom stereocenters. The molecule has 3 aromatic heterocycles. The van der Waals surface area contributed by atoms with E-state index < -0.39 is 0 Å². The summed E-state index contributed by atoms with van der Waals surface area (Å²) in [5.41, 5.74) is 4.85. The number of aryl methyl sites for hydroxylation is 3. The van der Waals surface area contributed by atoms with Crippen molar-refractivity contribution >= 4 is 11.9 Å². The van der Waals surface area contributed by atoms with Gasteiger partial charge < -0.3 is 14.3 Å². The van der Waals surface area contributed by atoms with Crippen LogP contribution in [0, 0.1) is 20.8 Å². The van der Waals surface area contributed by atoms with E-state index in [0.29, 0.717) is 0 Å². The summed E-state index contributed by atoms with van der Waals surface area (Å²) >= 11 is 0. The first-order valence-electron chi connectivity index (χ1n) is 11.2. The number of anilines is 2. The van der Waals surface area contributed by atoms with Crippen molar-refractivity contribution in [2.24, 2.45) is 0 Å². The van der Waals surface area contributed by atoms with Gasteiger partial charge in [-0.1, -0.05) is 5.16 Å². The monoisotopic (exact) mass is 419 g/mol. The minimum absolute atomic E-state index is 0.253. The van der Waals surface area contributed by atoms with E-state index in [1.165, 1.54) is 12.8 Å². The number of nitrogens with zero attached hydrogens (tertiary/aromatic N) is 7. The van der Waals surface area contributed by atoms with E-state index in [0.717, 1.165) is 85.0 Å². The Balaban J connectivity index is 1.51. The standard InChI is InChI=1S/C23H29N7O/c1-15-11-16(2)26-23(25-15)30-10-6-7-18(14-30)21-19(20-12-17(3)28-31-20)13-24-22(27-21)29-8-4-5-9-29/h11-13,18H,4-10,14H2,1-3H3/t18-/m0/s1. The Kier molecular flexibility index (Phi) is 5.29. The molecular formula is C23H29N7O. The highest BCUT2D eigenvalue weighted by Crippen LogP contribution is 2.35. The van der Waals surface area contributed by atoms with Gasteiger partial charge in [-0.15, -0.1) is 0 Å². The van der Waals surface area contributed by atoms with E-state index in [1.54, 1.807) is 0 Å². The van der Waals surface area contributed by atoms with Crippen molar-refractivity contribution < 1.29 is 4.52 Å². The van der Waals surface area contributed by atoms with E-state index in [4.69, 9.17) is 24.5 Å². The molecular weight excluding hydrogens is 390 g/mol. The van der Waals surface area contributed by atoms with Crippen molar-refractivity contribution in [1.29, 1.82) is 0 Å². The normalized spacial score (nSPS) is 19.3. The average Bonchev–Trinajstić information content (AvgIpc) is 3.45. The van der Waals surface area contributed by atoms with Crippen LogP contribution in [0.25, 0.3) is 11.3 Å². The van der Waals surface area contributed by atoms with E-state index in [-0.39, 0.29) is 5.92 Å². The molecule has 2 fully saturated rings. The van der Waals surface area contributed by atoms with E-state index >= 15 is 0 Å². The van der Waals surface area contributed by atoms with E-state index in [9.17, 15) is 0 Å². The molecule has 5 heterocycles. The first kappa shape index (κ1) is 19.9. The summed E-state index contributed by atoms with van der Waals surface area (Å²) < 4.78 is 5.61. The van der Waals surface area contributed by atoms with Crippen LogP contribution in [0.2, 0.25) is 0 Å². The van der Waals surface area contributed by atoms with Gasteiger partial charge in [0.1, 0.15) is 0 Å². The predicted molar refractivity (Wildman–Crippen MR) is 119 cm³/mol. The minimum atomic E-state index is 0.253. The largest absolute Gasteiger partial charge is 0.356 e. The number of piperidine rings is 1. The summed E-state index contributed by atoms with van der Waals surface area (Å²) in [5, 5.41) is 4.09. The third kappa shape index (κ3) is 4.11. The quantitative estimate of drug-likeness (QED) is 0.631. The van der Waals surface area contributed by atoms with Gasteiger partial charge in [-0.25, -0.2) is 19.9 Å². The predicted octanol–water partition coefficient (Wildman–Crippen LogP) is 3.83. The fourth-order valence-corrected chi connectivity index (χ4v) is 4.68. The van der Waals surface area contributed by atoms with Crippen LogP contribution in [0.4, 0.5) is 11.9 Å². The SMILES string of the molecule is Cc1cc(-c2cnc(N3CCCC3)nc2[C@H]2CCCN(c3nc(C)cc(C)n3)C2)on1. The molecule has 0 aliphatic carbocycles. The maximum Gasteiger partial charge on any atom is 0.225 e. The molecule has 31 heavy (non-hydrogen) atoms. The van der Waals surface area contributed by atoms with Gasteiger partial charge in [0.2, 0.25) is 11.9 Å². The molecule has 0 radical (unpaired) electrons. The van der Waals surface area contributed by atoms with Crippen LogP contribution in [-0.2, 0) is 0 Å². The number of hydrogen-bond donors (Lipinski definition) is 0. The molecule has 2 aliphatic rings. The van der Waals surface area contributed by atoms with Crippen LogP contribution >= 0.6 is 0 Å². The lowest BCUT2D eigenvalue weighted by atomic mass is 9.91. The van der Waals surface area contributed by atoms with Crippen LogP contribution in [0.5, 0.6) is 0 Å². The molecule has 2 aliphatic heterocycles. The Hall–Kier alpha value is -3.03. The molecule has 0 spiro atoms. The van der Waals surface area contributed by atoms with Crippen molar-refractivity contribution in [1.82, 2.24) is 25.1 Å². The first-order chi connectivity index (χ1) is 15.1. The molecule has 3 aromatic rings. The second-order valence-corrected chi connectivity index (χ2v) is 8.73.